The molecule has 0 saturated carbocycles. The number of hydrogen-bond donors (Lipinski definition) is 0. The molecule has 3 nitrogen and oxygen atoms in total. The van der Waals surface area contributed by atoms with Crippen molar-refractivity contribution >= 4 is 17.5 Å². The molecule has 0 aliphatic carbocycles. The summed E-state index contributed by atoms with van der Waals surface area (Å²) in [6.07, 6.45) is 1.36. The Hall–Kier alpha value is -1.22. The first-order valence-electron chi connectivity index (χ1n) is 5.75. The normalized spacial score (nSPS) is 13.1. The third-order valence-electron chi connectivity index (χ3n) is 2.91. The molecule has 0 bridgehead atoms. The first kappa shape index (κ1) is 12.2. The van der Waals surface area contributed by atoms with E-state index in [-0.39, 0.29) is 5.91 Å². The fraction of sp³-hybridized carbons (Fsp3) is 0.462. The van der Waals surface area contributed by atoms with Crippen molar-refractivity contribution in [3.05, 3.63) is 29.3 Å². The Morgan fingerprint density at radius 3 is 3.12 bits per heavy atom. The molecule has 1 amide bonds. The topological polar surface area (TPSA) is 29.5 Å². The predicted octanol–water partition coefficient (Wildman–Crippen LogP) is 2.21. The maximum Gasteiger partial charge on any atom is 0.223 e. The van der Waals surface area contributed by atoms with Crippen molar-refractivity contribution in [3.63, 3.8) is 0 Å². The van der Waals surface area contributed by atoms with E-state index in [1.54, 1.807) is 11.9 Å². The van der Waals surface area contributed by atoms with Crippen molar-refractivity contribution in [3.8, 4) is 5.75 Å². The van der Waals surface area contributed by atoms with Gasteiger partial charge in [0.2, 0.25) is 5.91 Å². The second-order valence-corrected chi connectivity index (χ2v) is 4.61. The van der Waals surface area contributed by atoms with Crippen LogP contribution in [0.15, 0.2) is 18.2 Å². The van der Waals surface area contributed by atoms with Crippen molar-refractivity contribution in [1.29, 1.82) is 0 Å². The van der Waals surface area contributed by atoms with Crippen LogP contribution >= 0.6 is 11.6 Å². The number of carbonyl (C=O) groups excluding carboxylic acids is 1. The number of ether oxygens (including phenoxy) is 1. The van der Waals surface area contributed by atoms with Gasteiger partial charge < -0.3 is 9.64 Å². The van der Waals surface area contributed by atoms with Crippen molar-refractivity contribution in [2.24, 2.45) is 0 Å². The summed E-state index contributed by atoms with van der Waals surface area (Å²) in [6.45, 7) is 1.39. The summed E-state index contributed by atoms with van der Waals surface area (Å²) >= 11 is 5.56. The Morgan fingerprint density at radius 2 is 2.35 bits per heavy atom. The van der Waals surface area contributed by atoms with Gasteiger partial charge in [0, 0.05) is 32.3 Å². The van der Waals surface area contributed by atoms with Crippen LogP contribution in [0.1, 0.15) is 17.5 Å². The summed E-state index contributed by atoms with van der Waals surface area (Å²) in [5, 5.41) is 0. The standard InChI is InChI=1S/C13H16ClNO2/c1-15(13(16)4-6-14)9-10-2-3-12-11(8-10)5-7-17-12/h2-3,8H,4-7,9H2,1H3. The van der Waals surface area contributed by atoms with Crippen molar-refractivity contribution in [1.82, 2.24) is 4.90 Å². The second-order valence-electron chi connectivity index (χ2n) is 4.23. The summed E-state index contributed by atoms with van der Waals surface area (Å²) in [5.41, 5.74) is 2.38. The molecule has 0 unspecified atom stereocenters. The zero-order valence-electron chi connectivity index (χ0n) is 9.91. The van der Waals surface area contributed by atoms with Crippen LogP contribution in [0, 0.1) is 0 Å². The zero-order chi connectivity index (χ0) is 12.3. The van der Waals surface area contributed by atoms with Crippen LogP contribution in [0.25, 0.3) is 0 Å². The molecule has 4 heteroatoms. The second kappa shape index (κ2) is 5.41. The fourth-order valence-electron chi connectivity index (χ4n) is 1.97. The summed E-state index contributed by atoms with van der Waals surface area (Å²) < 4.78 is 5.45. The molecule has 0 radical (unpaired) electrons. The van der Waals surface area contributed by atoms with Gasteiger partial charge in [0.15, 0.2) is 0 Å². The average Bonchev–Trinajstić information content (AvgIpc) is 2.76. The van der Waals surface area contributed by atoms with E-state index < -0.39 is 0 Å². The van der Waals surface area contributed by atoms with Gasteiger partial charge in [0.05, 0.1) is 6.61 Å². The van der Waals surface area contributed by atoms with Crippen LogP contribution in [-0.2, 0) is 17.8 Å². The van der Waals surface area contributed by atoms with Gasteiger partial charge in [-0.25, -0.2) is 0 Å². The van der Waals surface area contributed by atoms with Gasteiger partial charge in [0.25, 0.3) is 0 Å². The lowest BCUT2D eigenvalue weighted by Gasteiger charge is -2.17. The van der Waals surface area contributed by atoms with Crippen molar-refractivity contribution in [2.45, 2.75) is 19.4 Å². The molecule has 1 aromatic rings. The highest BCUT2D eigenvalue weighted by atomic mass is 35.5. The fourth-order valence-corrected chi connectivity index (χ4v) is 2.13. The summed E-state index contributed by atoms with van der Waals surface area (Å²) in [4.78, 5) is 13.3. The monoisotopic (exact) mass is 253 g/mol. The quantitative estimate of drug-likeness (QED) is 0.770. The largest absolute Gasteiger partial charge is 0.493 e. The lowest BCUT2D eigenvalue weighted by Crippen LogP contribution is -2.26. The average molecular weight is 254 g/mol. The number of amides is 1. The van der Waals surface area contributed by atoms with Crippen LogP contribution in [0.2, 0.25) is 0 Å². The van der Waals surface area contributed by atoms with Crippen molar-refractivity contribution < 1.29 is 9.53 Å². The minimum absolute atomic E-state index is 0.0803. The van der Waals surface area contributed by atoms with Gasteiger partial charge in [-0.1, -0.05) is 12.1 Å². The highest BCUT2D eigenvalue weighted by Crippen LogP contribution is 2.26. The van der Waals surface area contributed by atoms with Crippen LogP contribution < -0.4 is 4.74 Å². The maximum absolute atomic E-state index is 11.6. The number of hydrogen-bond acceptors (Lipinski definition) is 2. The minimum Gasteiger partial charge on any atom is -0.493 e. The summed E-state index contributed by atoms with van der Waals surface area (Å²) in [6, 6.07) is 6.11. The van der Waals surface area contributed by atoms with E-state index >= 15 is 0 Å². The van der Waals surface area contributed by atoms with Gasteiger partial charge in [-0.05, 0) is 17.2 Å². The molecule has 1 aliphatic rings. The Kier molecular flexibility index (Phi) is 3.89. The third-order valence-corrected chi connectivity index (χ3v) is 3.10. The lowest BCUT2D eigenvalue weighted by molar-refractivity contribution is -0.129. The lowest BCUT2D eigenvalue weighted by atomic mass is 10.1. The molecule has 1 aromatic carbocycles. The number of nitrogens with zero attached hydrogens (tertiary/aromatic N) is 1. The number of carbonyl (C=O) groups is 1. The molecule has 0 N–H and O–H groups in total. The molecular formula is C13H16ClNO2. The zero-order valence-corrected chi connectivity index (χ0v) is 10.7. The molecule has 0 spiro atoms. The minimum atomic E-state index is 0.0803. The SMILES string of the molecule is CN(Cc1ccc2c(c1)CCO2)C(=O)CCCl. The van der Waals surface area contributed by atoms with E-state index in [0.29, 0.717) is 18.8 Å². The number of alkyl halides is 1. The van der Waals surface area contributed by atoms with E-state index in [1.807, 2.05) is 12.1 Å². The van der Waals surface area contributed by atoms with E-state index in [4.69, 9.17) is 16.3 Å². The molecule has 0 fully saturated rings. The number of rotatable bonds is 4. The number of halogens is 1. The van der Waals surface area contributed by atoms with E-state index in [2.05, 4.69) is 6.07 Å². The van der Waals surface area contributed by atoms with Gasteiger partial charge in [0.1, 0.15) is 5.75 Å². The van der Waals surface area contributed by atoms with Gasteiger partial charge in [-0.2, -0.15) is 0 Å². The summed E-state index contributed by atoms with van der Waals surface area (Å²) in [7, 11) is 1.80. The van der Waals surface area contributed by atoms with Gasteiger partial charge >= 0.3 is 0 Å². The van der Waals surface area contributed by atoms with Crippen LogP contribution in [0.5, 0.6) is 5.75 Å². The third kappa shape index (κ3) is 2.91. The maximum atomic E-state index is 11.6. The number of benzene rings is 1. The van der Waals surface area contributed by atoms with Crippen LogP contribution in [-0.4, -0.2) is 30.3 Å². The predicted molar refractivity (Wildman–Crippen MR) is 67.5 cm³/mol. The van der Waals surface area contributed by atoms with Crippen molar-refractivity contribution in [2.75, 3.05) is 19.5 Å². The Labute approximate surface area is 106 Å². The van der Waals surface area contributed by atoms with E-state index in [9.17, 15) is 4.79 Å². The van der Waals surface area contributed by atoms with Crippen LogP contribution in [0.4, 0.5) is 0 Å². The first-order chi connectivity index (χ1) is 8.20. The molecule has 0 saturated heterocycles. The smallest absolute Gasteiger partial charge is 0.223 e. The van der Waals surface area contributed by atoms with E-state index in [0.717, 1.165) is 24.3 Å². The molecule has 0 atom stereocenters. The molecule has 1 aliphatic heterocycles. The number of fused-ring (bicyclic) bond motifs is 1. The molecule has 0 aromatic heterocycles. The molecule has 2 rings (SSSR count). The Morgan fingerprint density at radius 1 is 1.53 bits per heavy atom. The Bertz CT molecular complexity index is 420. The molecule has 17 heavy (non-hydrogen) atoms. The molecule has 92 valence electrons. The summed E-state index contributed by atoms with van der Waals surface area (Å²) in [5.74, 6) is 1.43. The van der Waals surface area contributed by atoms with E-state index in [1.165, 1.54) is 5.56 Å². The van der Waals surface area contributed by atoms with Gasteiger partial charge in [-0.15, -0.1) is 11.6 Å². The van der Waals surface area contributed by atoms with Gasteiger partial charge in [-0.3, -0.25) is 4.79 Å². The highest BCUT2D eigenvalue weighted by Gasteiger charge is 2.14. The van der Waals surface area contributed by atoms with Crippen LogP contribution in [0.3, 0.4) is 0 Å². The first-order valence-corrected chi connectivity index (χ1v) is 6.28. The highest BCUT2D eigenvalue weighted by molar-refractivity contribution is 6.18. The molecule has 1 heterocycles. The Balaban J connectivity index is 2.01. The molecular weight excluding hydrogens is 238 g/mol.